The highest BCUT2D eigenvalue weighted by molar-refractivity contribution is 7.99. The molecule has 0 aliphatic carbocycles. The van der Waals surface area contributed by atoms with Crippen LogP contribution in [0.3, 0.4) is 0 Å². The van der Waals surface area contributed by atoms with Crippen LogP contribution in [-0.2, 0) is 4.74 Å². The molecular formula is C12H23NOS. The van der Waals surface area contributed by atoms with E-state index in [1.165, 1.54) is 30.8 Å². The maximum absolute atomic E-state index is 5.71. The lowest BCUT2D eigenvalue weighted by atomic mass is 10.1. The predicted molar refractivity (Wildman–Crippen MR) is 68.3 cm³/mol. The molecule has 1 rings (SSSR count). The Hall–Kier alpha value is -0.150. The van der Waals surface area contributed by atoms with Crippen molar-refractivity contribution in [2.45, 2.75) is 39.2 Å². The summed E-state index contributed by atoms with van der Waals surface area (Å²) >= 11 is 2.01. The van der Waals surface area contributed by atoms with Crippen molar-refractivity contribution in [3.63, 3.8) is 0 Å². The van der Waals surface area contributed by atoms with Crippen LogP contribution in [0.2, 0.25) is 0 Å². The molecule has 0 saturated carbocycles. The van der Waals surface area contributed by atoms with Gasteiger partial charge >= 0.3 is 0 Å². The van der Waals surface area contributed by atoms with Gasteiger partial charge in [0.25, 0.3) is 0 Å². The lowest BCUT2D eigenvalue weighted by molar-refractivity contribution is 0.172. The highest BCUT2D eigenvalue weighted by atomic mass is 32.2. The van der Waals surface area contributed by atoms with Crippen LogP contribution in [-0.4, -0.2) is 30.7 Å². The van der Waals surface area contributed by atoms with Gasteiger partial charge in [-0.15, -0.1) is 0 Å². The molecular weight excluding hydrogens is 206 g/mol. The second-order valence-electron chi connectivity index (χ2n) is 3.78. The van der Waals surface area contributed by atoms with Crippen molar-refractivity contribution in [3.05, 3.63) is 11.8 Å². The summed E-state index contributed by atoms with van der Waals surface area (Å²) in [5.74, 6) is 3.55. The molecule has 0 fully saturated rings. The largest absolute Gasteiger partial charge is 0.497 e. The van der Waals surface area contributed by atoms with Gasteiger partial charge in [0.15, 0.2) is 0 Å². The molecule has 0 spiro atoms. The molecule has 0 amide bonds. The third kappa shape index (κ3) is 4.94. The highest BCUT2D eigenvalue weighted by Gasteiger charge is 2.16. The third-order valence-corrected chi connectivity index (χ3v) is 3.66. The molecule has 1 atom stereocenters. The van der Waals surface area contributed by atoms with Crippen molar-refractivity contribution in [2.75, 3.05) is 24.7 Å². The summed E-state index contributed by atoms with van der Waals surface area (Å²) in [6.45, 7) is 6.29. The van der Waals surface area contributed by atoms with Crippen molar-refractivity contribution >= 4 is 11.8 Å². The first-order valence-electron chi connectivity index (χ1n) is 6.02. The van der Waals surface area contributed by atoms with Gasteiger partial charge in [-0.05, 0) is 37.6 Å². The van der Waals surface area contributed by atoms with Gasteiger partial charge in [0.05, 0.1) is 12.6 Å². The number of allylic oxidation sites excluding steroid dienone is 1. The number of hydrogen-bond donors (Lipinski definition) is 1. The Morgan fingerprint density at radius 2 is 2.40 bits per heavy atom. The van der Waals surface area contributed by atoms with Crippen LogP contribution in [0.5, 0.6) is 0 Å². The van der Waals surface area contributed by atoms with E-state index in [-0.39, 0.29) is 0 Å². The monoisotopic (exact) mass is 229 g/mol. The van der Waals surface area contributed by atoms with Crippen molar-refractivity contribution < 1.29 is 4.74 Å². The molecule has 88 valence electrons. The van der Waals surface area contributed by atoms with Crippen LogP contribution in [0, 0.1) is 0 Å². The van der Waals surface area contributed by atoms with Gasteiger partial charge in [-0.1, -0.05) is 13.8 Å². The first kappa shape index (κ1) is 12.9. The van der Waals surface area contributed by atoms with Crippen molar-refractivity contribution in [2.24, 2.45) is 0 Å². The van der Waals surface area contributed by atoms with E-state index < -0.39 is 0 Å². The Kier molecular flexibility index (Phi) is 6.94. The van der Waals surface area contributed by atoms with Crippen molar-refractivity contribution in [3.8, 4) is 0 Å². The Labute approximate surface area is 97.8 Å². The molecule has 15 heavy (non-hydrogen) atoms. The zero-order chi connectivity index (χ0) is 10.9. The summed E-state index contributed by atoms with van der Waals surface area (Å²) in [6, 6.07) is 0.423. The molecule has 0 aromatic carbocycles. The Morgan fingerprint density at radius 1 is 1.53 bits per heavy atom. The minimum absolute atomic E-state index is 0.423. The summed E-state index contributed by atoms with van der Waals surface area (Å²) in [5, 5.41) is 3.50. The molecule has 0 radical (unpaired) electrons. The fourth-order valence-electron chi connectivity index (χ4n) is 1.65. The molecule has 1 unspecified atom stereocenters. The molecule has 1 aliphatic rings. The molecule has 0 aromatic heterocycles. The highest BCUT2D eigenvalue weighted by Crippen LogP contribution is 2.17. The van der Waals surface area contributed by atoms with E-state index in [0.29, 0.717) is 6.04 Å². The van der Waals surface area contributed by atoms with Gasteiger partial charge in [-0.3, -0.25) is 0 Å². The topological polar surface area (TPSA) is 21.3 Å². The van der Waals surface area contributed by atoms with Crippen LogP contribution >= 0.6 is 11.8 Å². The maximum Gasteiger partial charge on any atom is 0.110 e. The lowest BCUT2D eigenvalue weighted by Crippen LogP contribution is -2.35. The molecule has 0 saturated heterocycles. The quantitative estimate of drug-likeness (QED) is 0.678. The van der Waals surface area contributed by atoms with Gasteiger partial charge in [0.1, 0.15) is 5.76 Å². The molecule has 2 nitrogen and oxygen atoms in total. The number of rotatable bonds is 7. The standard InChI is InChI=1S/C12H23NOS/c1-3-9-15-10-11(13-4-2)12-7-5-6-8-14-12/h7,11,13H,3-6,8-10H2,1-2H3. The van der Waals surface area contributed by atoms with Gasteiger partial charge < -0.3 is 10.1 Å². The fourth-order valence-corrected chi connectivity index (χ4v) is 2.63. The first-order chi connectivity index (χ1) is 7.38. The van der Waals surface area contributed by atoms with Crippen molar-refractivity contribution in [1.82, 2.24) is 5.32 Å². The van der Waals surface area contributed by atoms with E-state index in [1.807, 2.05) is 11.8 Å². The normalized spacial score (nSPS) is 18.1. The van der Waals surface area contributed by atoms with E-state index in [9.17, 15) is 0 Å². The molecule has 0 aromatic rings. The number of hydrogen-bond acceptors (Lipinski definition) is 3. The Balaban J connectivity index is 2.37. The summed E-state index contributed by atoms with van der Waals surface area (Å²) in [5.41, 5.74) is 0. The maximum atomic E-state index is 5.71. The lowest BCUT2D eigenvalue weighted by Gasteiger charge is -2.24. The first-order valence-corrected chi connectivity index (χ1v) is 7.18. The average Bonchev–Trinajstić information content (AvgIpc) is 2.29. The van der Waals surface area contributed by atoms with Crippen LogP contribution in [0.4, 0.5) is 0 Å². The van der Waals surface area contributed by atoms with E-state index in [2.05, 4.69) is 25.2 Å². The van der Waals surface area contributed by atoms with E-state index in [1.54, 1.807) is 0 Å². The van der Waals surface area contributed by atoms with Crippen LogP contribution in [0.25, 0.3) is 0 Å². The van der Waals surface area contributed by atoms with E-state index in [4.69, 9.17) is 4.74 Å². The number of ether oxygens (including phenoxy) is 1. The summed E-state index contributed by atoms with van der Waals surface area (Å²) in [4.78, 5) is 0. The molecule has 1 aliphatic heterocycles. The van der Waals surface area contributed by atoms with Gasteiger partial charge in [0.2, 0.25) is 0 Å². The second-order valence-corrected chi connectivity index (χ2v) is 4.93. The van der Waals surface area contributed by atoms with Gasteiger partial charge in [-0.2, -0.15) is 11.8 Å². The minimum Gasteiger partial charge on any atom is -0.497 e. The van der Waals surface area contributed by atoms with Gasteiger partial charge in [0, 0.05) is 5.75 Å². The second kappa shape index (κ2) is 8.05. The zero-order valence-electron chi connectivity index (χ0n) is 9.92. The predicted octanol–water partition coefficient (Wildman–Crippen LogP) is 2.80. The van der Waals surface area contributed by atoms with E-state index >= 15 is 0 Å². The Morgan fingerprint density at radius 3 is 3.00 bits per heavy atom. The van der Waals surface area contributed by atoms with Crippen LogP contribution in [0.15, 0.2) is 11.8 Å². The summed E-state index contributed by atoms with van der Waals surface area (Å²) < 4.78 is 5.71. The SMILES string of the molecule is CCCSCC(NCC)C1=CCCCO1. The van der Waals surface area contributed by atoms with Crippen LogP contribution < -0.4 is 5.32 Å². The van der Waals surface area contributed by atoms with Crippen molar-refractivity contribution in [1.29, 1.82) is 0 Å². The third-order valence-electron chi connectivity index (χ3n) is 2.39. The van der Waals surface area contributed by atoms with Crippen LogP contribution in [0.1, 0.15) is 33.1 Å². The van der Waals surface area contributed by atoms with Gasteiger partial charge in [-0.25, -0.2) is 0 Å². The molecule has 1 N–H and O–H groups in total. The van der Waals surface area contributed by atoms with E-state index in [0.717, 1.165) is 18.9 Å². The smallest absolute Gasteiger partial charge is 0.110 e. The minimum atomic E-state index is 0.423. The summed E-state index contributed by atoms with van der Waals surface area (Å²) in [6.07, 6.45) is 5.85. The Bertz CT molecular complexity index is 194. The summed E-state index contributed by atoms with van der Waals surface area (Å²) in [7, 11) is 0. The molecule has 0 bridgehead atoms. The number of nitrogens with one attached hydrogen (secondary N) is 1. The number of likely N-dealkylation sites (N-methyl/N-ethyl adjacent to an activating group) is 1. The molecule has 3 heteroatoms. The fraction of sp³-hybridized carbons (Fsp3) is 0.833. The molecule has 1 heterocycles. The average molecular weight is 229 g/mol. The zero-order valence-corrected chi connectivity index (χ0v) is 10.7. The number of thioether (sulfide) groups is 1.